The van der Waals surface area contributed by atoms with Crippen molar-refractivity contribution in [3.63, 3.8) is 0 Å². The van der Waals surface area contributed by atoms with E-state index in [9.17, 15) is 0 Å². The van der Waals surface area contributed by atoms with E-state index < -0.39 is 0 Å². The number of benzene rings is 1. The molecular formula is C14H14N2OS. The first-order valence-corrected chi connectivity index (χ1v) is 5.98. The standard InChI is InChI=1S/C14H14N2OS/c1-9-5-6-10(2)12(8-9)17-14-11(13(15)18)4-3-7-16-14/h3-8H,1-2H3,(H2,15,18). The van der Waals surface area contributed by atoms with E-state index >= 15 is 0 Å². The zero-order valence-electron chi connectivity index (χ0n) is 10.3. The van der Waals surface area contributed by atoms with Gasteiger partial charge in [-0.2, -0.15) is 0 Å². The summed E-state index contributed by atoms with van der Waals surface area (Å²) < 4.78 is 5.80. The first-order valence-electron chi connectivity index (χ1n) is 5.58. The molecule has 2 rings (SSSR count). The van der Waals surface area contributed by atoms with E-state index in [0.717, 1.165) is 16.9 Å². The van der Waals surface area contributed by atoms with Crippen LogP contribution in [0.15, 0.2) is 36.5 Å². The summed E-state index contributed by atoms with van der Waals surface area (Å²) in [5.41, 5.74) is 8.46. The summed E-state index contributed by atoms with van der Waals surface area (Å²) in [5, 5.41) is 0. The van der Waals surface area contributed by atoms with E-state index in [4.69, 9.17) is 22.7 Å². The van der Waals surface area contributed by atoms with Crippen molar-refractivity contribution in [1.82, 2.24) is 4.98 Å². The van der Waals surface area contributed by atoms with Crippen LogP contribution in [0.4, 0.5) is 0 Å². The lowest BCUT2D eigenvalue weighted by Gasteiger charge is -2.11. The molecule has 0 atom stereocenters. The predicted octanol–water partition coefficient (Wildman–Crippen LogP) is 3.12. The fraction of sp³-hybridized carbons (Fsp3) is 0.143. The molecule has 0 unspecified atom stereocenters. The molecule has 2 aromatic rings. The van der Waals surface area contributed by atoms with Gasteiger partial charge in [0.25, 0.3) is 0 Å². The van der Waals surface area contributed by atoms with E-state index in [1.807, 2.05) is 32.0 Å². The van der Waals surface area contributed by atoms with Crippen LogP contribution in [0.2, 0.25) is 0 Å². The van der Waals surface area contributed by atoms with Crippen LogP contribution in [0, 0.1) is 13.8 Å². The van der Waals surface area contributed by atoms with Crippen LogP contribution in [0.1, 0.15) is 16.7 Å². The Bertz CT molecular complexity index is 596. The summed E-state index contributed by atoms with van der Waals surface area (Å²) >= 11 is 4.98. The summed E-state index contributed by atoms with van der Waals surface area (Å²) in [4.78, 5) is 4.46. The predicted molar refractivity (Wildman–Crippen MR) is 76.1 cm³/mol. The second-order valence-electron chi connectivity index (χ2n) is 4.09. The maximum absolute atomic E-state index is 5.80. The minimum Gasteiger partial charge on any atom is -0.438 e. The summed E-state index contributed by atoms with van der Waals surface area (Å²) in [6.07, 6.45) is 1.65. The van der Waals surface area contributed by atoms with Crippen LogP contribution in [0.5, 0.6) is 11.6 Å². The lowest BCUT2D eigenvalue weighted by molar-refractivity contribution is 0.458. The lowest BCUT2D eigenvalue weighted by Crippen LogP contribution is -2.11. The Morgan fingerprint density at radius 3 is 2.78 bits per heavy atom. The molecule has 3 nitrogen and oxygen atoms in total. The zero-order chi connectivity index (χ0) is 13.1. The van der Waals surface area contributed by atoms with Gasteiger partial charge in [0, 0.05) is 6.20 Å². The quantitative estimate of drug-likeness (QED) is 0.859. The van der Waals surface area contributed by atoms with Gasteiger partial charge in [0.05, 0.1) is 5.56 Å². The second kappa shape index (κ2) is 5.14. The summed E-state index contributed by atoms with van der Waals surface area (Å²) in [7, 11) is 0. The second-order valence-corrected chi connectivity index (χ2v) is 4.53. The molecule has 0 radical (unpaired) electrons. The molecule has 0 saturated heterocycles. The number of nitrogens with two attached hydrogens (primary N) is 1. The first kappa shape index (κ1) is 12.5. The highest BCUT2D eigenvalue weighted by molar-refractivity contribution is 7.80. The molecule has 0 aliphatic carbocycles. The van der Waals surface area contributed by atoms with Gasteiger partial charge in [0.15, 0.2) is 0 Å². The average molecular weight is 258 g/mol. The number of pyridine rings is 1. The Labute approximate surface area is 112 Å². The fourth-order valence-corrected chi connectivity index (χ4v) is 1.74. The number of aromatic nitrogens is 1. The van der Waals surface area contributed by atoms with Crippen LogP contribution < -0.4 is 10.5 Å². The molecule has 0 bridgehead atoms. The highest BCUT2D eigenvalue weighted by Gasteiger charge is 2.09. The molecular weight excluding hydrogens is 244 g/mol. The highest BCUT2D eigenvalue weighted by Crippen LogP contribution is 2.26. The number of ether oxygens (including phenoxy) is 1. The van der Waals surface area contributed by atoms with Gasteiger partial charge in [-0.25, -0.2) is 4.98 Å². The third-order valence-corrected chi connectivity index (χ3v) is 2.81. The van der Waals surface area contributed by atoms with Crippen LogP contribution >= 0.6 is 12.2 Å². The maximum atomic E-state index is 5.80. The summed E-state index contributed by atoms with van der Waals surface area (Å²) in [6.45, 7) is 4.00. The molecule has 2 N–H and O–H groups in total. The van der Waals surface area contributed by atoms with Gasteiger partial charge in [-0.15, -0.1) is 0 Å². The molecule has 92 valence electrons. The number of aryl methyl sites for hydroxylation is 2. The number of nitrogens with zero attached hydrogens (tertiary/aromatic N) is 1. The van der Waals surface area contributed by atoms with Crippen LogP contribution in [0.3, 0.4) is 0 Å². The maximum Gasteiger partial charge on any atom is 0.229 e. The molecule has 0 fully saturated rings. The highest BCUT2D eigenvalue weighted by atomic mass is 32.1. The fourth-order valence-electron chi connectivity index (χ4n) is 1.58. The molecule has 0 spiro atoms. The Balaban J connectivity index is 2.40. The van der Waals surface area contributed by atoms with Gasteiger partial charge in [0.1, 0.15) is 10.7 Å². The zero-order valence-corrected chi connectivity index (χ0v) is 11.1. The molecule has 1 aromatic heterocycles. The summed E-state index contributed by atoms with van der Waals surface area (Å²) in [5.74, 6) is 1.21. The number of rotatable bonds is 3. The molecule has 1 aromatic carbocycles. The van der Waals surface area contributed by atoms with E-state index in [0.29, 0.717) is 11.4 Å². The van der Waals surface area contributed by atoms with Gasteiger partial charge in [0.2, 0.25) is 5.88 Å². The Kier molecular flexibility index (Phi) is 3.58. The molecule has 4 heteroatoms. The van der Waals surface area contributed by atoms with Gasteiger partial charge in [-0.3, -0.25) is 0 Å². The van der Waals surface area contributed by atoms with Crippen molar-refractivity contribution in [2.24, 2.45) is 5.73 Å². The van der Waals surface area contributed by atoms with Crippen LogP contribution in [-0.2, 0) is 0 Å². The van der Waals surface area contributed by atoms with Crippen molar-refractivity contribution >= 4 is 17.2 Å². The average Bonchev–Trinajstić information content (AvgIpc) is 2.34. The van der Waals surface area contributed by atoms with Gasteiger partial charge in [-0.1, -0.05) is 24.4 Å². The smallest absolute Gasteiger partial charge is 0.229 e. The van der Waals surface area contributed by atoms with E-state index in [1.54, 1.807) is 18.3 Å². The molecule has 0 saturated carbocycles. The van der Waals surface area contributed by atoms with Gasteiger partial charge >= 0.3 is 0 Å². The molecule has 1 heterocycles. The Hall–Kier alpha value is -1.94. The van der Waals surface area contributed by atoms with E-state index in [-0.39, 0.29) is 4.99 Å². The molecule has 0 aliphatic heterocycles. The monoisotopic (exact) mass is 258 g/mol. The van der Waals surface area contributed by atoms with Crippen molar-refractivity contribution in [3.8, 4) is 11.6 Å². The van der Waals surface area contributed by atoms with Crippen LogP contribution in [0.25, 0.3) is 0 Å². The Morgan fingerprint density at radius 1 is 1.28 bits per heavy atom. The molecule has 0 amide bonds. The molecule has 0 aliphatic rings. The van der Waals surface area contributed by atoms with Crippen molar-refractivity contribution in [2.75, 3.05) is 0 Å². The summed E-state index contributed by atoms with van der Waals surface area (Å²) in [6, 6.07) is 9.59. The third kappa shape index (κ3) is 2.65. The van der Waals surface area contributed by atoms with Gasteiger partial charge in [-0.05, 0) is 43.2 Å². The van der Waals surface area contributed by atoms with Crippen molar-refractivity contribution < 1.29 is 4.74 Å². The van der Waals surface area contributed by atoms with Crippen molar-refractivity contribution in [3.05, 3.63) is 53.2 Å². The van der Waals surface area contributed by atoms with Crippen molar-refractivity contribution in [1.29, 1.82) is 0 Å². The number of hydrogen-bond acceptors (Lipinski definition) is 3. The van der Waals surface area contributed by atoms with E-state index in [1.165, 1.54) is 0 Å². The number of hydrogen-bond donors (Lipinski definition) is 1. The normalized spacial score (nSPS) is 10.1. The minimum atomic E-state index is 0.281. The van der Waals surface area contributed by atoms with Crippen LogP contribution in [-0.4, -0.2) is 9.97 Å². The SMILES string of the molecule is Cc1ccc(C)c(Oc2ncccc2C(N)=S)c1. The lowest BCUT2D eigenvalue weighted by atomic mass is 10.1. The third-order valence-electron chi connectivity index (χ3n) is 2.59. The van der Waals surface area contributed by atoms with E-state index in [2.05, 4.69) is 4.98 Å². The van der Waals surface area contributed by atoms with Gasteiger partial charge < -0.3 is 10.5 Å². The first-order chi connectivity index (χ1) is 8.58. The molecule has 18 heavy (non-hydrogen) atoms. The largest absolute Gasteiger partial charge is 0.438 e. The Morgan fingerprint density at radius 2 is 2.06 bits per heavy atom. The number of thiocarbonyl (C=S) groups is 1. The topological polar surface area (TPSA) is 48.1 Å². The minimum absolute atomic E-state index is 0.281. The van der Waals surface area contributed by atoms with Crippen molar-refractivity contribution in [2.45, 2.75) is 13.8 Å².